The Kier molecular flexibility index (Phi) is 6.76. The van der Waals surface area contributed by atoms with Gasteiger partial charge in [-0.1, -0.05) is 0 Å². The zero-order valence-electron chi connectivity index (χ0n) is 19.5. The van der Waals surface area contributed by atoms with E-state index in [1.54, 1.807) is 14.0 Å². The summed E-state index contributed by atoms with van der Waals surface area (Å²) >= 11 is 0. The van der Waals surface area contributed by atoms with E-state index in [1.807, 2.05) is 6.92 Å². The third kappa shape index (κ3) is 5.22. The van der Waals surface area contributed by atoms with E-state index in [4.69, 9.17) is 18.9 Å². The molecule has 0 spiro atoms. The second kappa shape index (κ2) is 9.42. The van der Waals surface area contributed by atoms with Gasteiger partial charge >= 0.3 is 0 Å². The van der Waals surface area contributed by atoms with Crippen LogP contribution in [0.2, 0.25) is 0 Å². The number of rotatable bonds is 8. The second-order valence-electron chi connectivity index (χ2n) is 9.32. The smallest absolute Gasteiger partial charge is 0.297 e. The molecule has 4 rings (SSSR count). The Morgan fingerprint density at radius 3 is 2.58 bits per heavy atom. The van der Waals surface area contributed by atoms with Crippen LogP contribution in [0.15, 0.2) is 6.07 Å². The largest absolute Gasteiger partial charge is 0.479 e. The van der Waals surface area contributed by atoms with Gasteiger partial charge in [-0.25, -0.2) is 8.78 Å². The molecule has 2 aliphatic rings. The van der Waals surface area contributed by atoms with Gasteiger partial charge in [0, 0.05) is 26.1 Å². The van der Waals surface area contributed by atoms with Crippen LogP contribution in [0.5, 0.6) is 11.8 Å². The van der Waals surface area contributed by atoms with Crippen LogP contribution in [0.3, 0.4) is 0 Å². The lowest BCUT2D eigenvalue weighted by molar-refractivity contribution is -0.151. The third-order valence-corrected chi connectivity index (χ3v) is 6.06. The number of ether oxygens (including phenoxy) is 4. The van der Waals surface area contributed by atoms with Crippen LogP contribution in [0.4, 0.5) is 8.78 Å². The molecule has 1 aliphatic heterocycles. The highest BCUT2D eigenvalue weighted by Crippen LogP contribution is 2.35. The van der Waals surface area contributed by atoms with E-state index in [0.717, 1.165) is 31.7 Å². The van der Waals surface area contributed by atoms with Crippen molar-refractivity contribution in [2.45, 2.75) is 70.3 Å². The van der Waals surface area contributed by atoms with Crippen molar-refractivity contribution >= 4 is 16.9 Å². The van der Waals surface area contributed by atoms with E-state index in [9.17, 15) is 9.18 Å². The lowest BCUT2D eigenvalue weighted by Crippen LogP contribution is -2.51. The van der Waals surface area contributed by atoms with Crippen LogP contribution in [-0.2, 0) is 21.3 Å². The van der Waals surface area contributed by atoms with Crippen molar-refractivity contribution in [2.24, 2.45) is 7.05 Å². The predicted octanol–water partition coefficient (Wildman–Crippen LogP) is 3.25. The maximum Gasteiger partial charge on any atom is 0.297 e. The average molecular weight is 468 g/mol. The van der Waals surface area contributed by atoms with Crippen LogP contribution >= 0.6 is 0 Å². The lowest BCUT2D eigenvalue weighted by atomic mass is 9.95. The van der Waals surface area contributed by atoms with E-state index in [1.165, 1.54) is 11.5 Å². The van der Waals surface area contributed by atoms with Gasteiger partial charge < -0.3 is 24.3 Å². The maximum absolute atomic E-state index is 15.2. The Labute approximate surface area is 191 Å². The number of nitrogens with zero attached hydrogens (tertiary/aromatic N) is 2. The molecule has 182 valence electrons. The molecule has 1 aromatic heterocycles. The van der Waals surface area contributed by atoms with E-state index < -0.39 is 17.2 Å². The quantitative estimate of drug-likeness (QED) is 0.642. The molecule has 1 aliphatic carbocycles. The number of fused-ring (bicyclic) bond motifs is 1. The van der Waals surface area contributed by atoms with E-state index in [0.29, 0.717) is 19.8 Å². The highest BCUT2D eigenvalue weighted by atomic mass is 19.1. The Bertz CT molecular complexity index is 1020. The first-order valence-corrected chi connectivity index (χ1v) is 11.3. The van der Waals surface area contributed by atoms with Crippen molar-refractivity contribution in [1.29, 1.82) is 0 Å². The summed E-state index contributed by atoms with van der Waals surface area (Å²) in [5.41, 5.74) is -0.747. The van der Waals surface area contributed by atoms with Gasteiger partial charge in [0.05, 0.1) is 25.9 Å². The zero-order valence-corrected chi connectivity index (χ0v) is 19.5. The number of nitrogens with one attached hydrogen (secondary N) is 1. The van der Waals surface area contributed by atoms with Crippen LogP contribution < -0.4 is 14.8 Å². The predicted molar refractivity (Wildman–Crippen MR) is 116 cm³/mol. The molecule has 1 saturated heterocycles. The molecule has 2 aromatic rings. The van der Waals surface area contributed by atoms with E-state index in [2.05, 4.69) is 10.3 Å². The molecule has 1 aromatic carbocycles. The van der Waals surface area contributed by atoms with Crippen molar-refractivity contribution in [2.75, 3.05) is 19.8 Å². The average Bonchev–Trinajstić information content (AvgIpc) is 3.06. The molecule has 0 unspecified atom stereocenters. The zero-order chi connectivity index (χ0) is 23.8. The lowest BCUT2D eigenvalue weighted by Gasteiger charge is -2.38. The molecule has 1 saturated carbocycles. The summed E-state index contributed by atoms with van der Waals surface area (Å²) in [6.45, 7) is 6.27. The molecule has 1 N–H and O–H groups in total. The Morgan fingerprint density at radius 1 is 1.30 bits per heavy atom. The highest BCUT2D eigenvalue weighted by Gasteiger charge is 2.37. The molecule has 2 fully saturated rings. The monoisotopic (exact) mass is 467 g/mol. The van der Waals surface area contributed by atoms with Gasteiger partial charge in [0.1, 0.15) is 17.1 Å². The Hall–Kier alpha value is -2.46. The summed E-state index contributed by atoms with van der Waals surface area (Å²) in [7, 11) is 1.60. The molecular formula is C23H31F2N3O5. The molecule has 33 heavy (non-hydrogen) atoms. The Morgan fingerprint density at radius 2 is 1.97 bits per heavy atom. The van der Waals surface area contributed by atoms with Crippen molar-refractivity contribution in [3.8, 4) is 11.8 Å². The summed E-state index contributed by atoms with van der Waals surface area (Å²) in [4.78, 5) is 15.3. The summed E-state index contributed by atoms with van der Waals surface area (Å²) < 4.78 is 54.1. The number of aryl methyl sites for hydroxylation is 1. The highest BCUT2D eigenvalue weighted by molar-refractivity contribution is 5.80. The molecule has 0 bridgehead atoms. The fraction of sp³-hybridized carbons (Fsp3) is 0.652. The minimum Gasteiger partial charge on any atom is -0.479 e. The number of halogens is 2. The minimum absolute atomic E-state index is 0.00724. The fourth-order valence-electron chi connectivity index (χ4n) is 4.29. The molecule has 1 amide bonds. The first-order valence-electron chi connectivity index (χ1n) is 11.3. The first-order chi connectivity index (χ1) is 15.6. The number of hydrogen-bond acceptors (Lipinski definition) is 6. The normalized spacial score (nSPS) is 23.1. The summed E-state index contributed by atoms with van der Waals surface area (Å²) in [6, 6.07) is 1.15. The van der Waals surface area contributed by atoms with Crippen molar-refractivity contribution in [3.63, 3.8) is 0 Å². The number of amides is 1. The van der Waals surface area contributed by atoms with Crippen LogP contribution in [0.1, 0.15) is 46.5 Å². The van der Waals surface area contributed by atoms with Gasteiger partial charge in [-0.3, -0.25) is 9.36 Å². The molecule has 10 heteroatoms. The van der Waals surface area contributed by atoms with Gasteiger partial charge in [-0.2, -0.15) is 4.98 Å². The number of aromatic nitrogens is 2. The van der Waals surface area contributed by atoms with E-state index in [-0.39, 0.29) is 47.0 Å². The summed E-state index contributed by atoms with van der Waals surface area (Å²) in [5, 5.41) is 2.80. The number of benzene rings is 1. The SMILES string of the molecule is CC(=O)N[C@@H](C)COC1CCC(Oc2nc3c(F)cc(OC4(C)COC4)c(F)c3n2C)CC1. The van der Waals surface area contributed by atoms with Gasteiger partial charge in [0.15, 0.2) is 23.0 Å². The summed E-state index contributed by atoms with van der Waals surface area (Å²) in [5.74, 6) is -1.58. The number of carbonyl (C=O) groups is 1. The summed E-state index contributed by atoms with van der Waals surface area (Å²) in [6.07, 6.45) is 3.03. The molecule has 2 heterocycles. The van der Waals surface area contributed by atoms with E-state index >= 15 is 4.39 Å². The number of carbonyl (C=O) groups excluding carboxylic acids is 1. The second-order valence-corrected chi connectivity index (χ2v) is 9.32. The van der Waals surface area contributed by atoms with Gasteiger partial charge in [-0.05, 0) is 39.5 Å². The Balaban J connectivity index is 1.39. The van der Waals surface area contributed by atoms with Crippen molar-refractivity contribution in [1.82, 2.24) is 14.9 Å². The third-order valence-electron chi connectivity index (χ3n) is 6.06. The first kappa shape index (κ1) is 23.7. The van der Waals surface area contributed by atoms with Gasteiger partial charge in [0.25, 0.3) is 6.01 Å². The molecule has 1 atom stereocenters. The fourth-order valence-corrected chi connectivity index (χ4v) is 4.29. The molecule has 0 radical (unpaired) electrons. The van der Waals surface area contributed by atoms with Crippen molar-refractivity contribution < 1.29 is 32.5 Å². The van der Waals surface area contributed by atoms with Crippen molar-refractivity contribution in [3.05, 3.63) is 17.7 Å². The topological polar surface area (TPSA) is 83.8 Å². The van der Waals surface area contributed by atoms with Crippen LogP contribution in [-0.4, -0.2) is 59.1 Å². The maximum atomic E-state index is 15.2. The number of imidazole rings is 1. The molecule has 8 nitrogen and oxygen atoms in total. The van der Waals surface area contributed by atoms with Crippen LogP contribution in [0, 0.1) is 11.6 Å². The van der Waals surface area contributed by atoms with Crippen LogP contribution in [0.25, 0.3) is 11.0 Å². The minimum atomic E-state index is -0.672. The van der Waals surface area contributed by atoms with Gasteiger partial charge in [0.2, 0.25) is 5.91 Å². The number of hydrogen-bond donors (Lipinski definition) is 1. The standard InChI is InChI=1S/C23H31F2N3O5/c1-13(26-14(2)29)10-31-15-5-7-16(8-6-15)32-22-27-20-17(24)9-18(19(25)21(20)28(22)4)33-23(3)11-30-12-23/h9,13,15-16H,5-8,10-12H2,1-4H3,(H,26,29)/t13-,15?,16?/m0/s1. The van der Waals surface area contributed by atoms with Gasteiger partial charge in [-0.15, -0.1) is 0 Å². The molecular weight excluding hydrogens is 436 g/mol.